The van der Waals surface area contributed by atoms with Crippen LogP contribution in [-0.2, 0) is 20.4 Å². The third-order valence-electron chi connectivity index (χ3n) is 7.15. The first-order valence-electron chi connectivity index (χ1n) is 11.3. The van der Waals surface area contributed by atoms with E-state index in [1.807, 2.05) is 6.92 Å². The van der Waals surface area contributed by atoms with Crippen molar-refractivity contribution in [3.05, 3.63) is 29.3 Å². The molecule has 30 heavy (non-hydrogen) atoms. The summed E-state index contributed by atoms with van der Waals surface area (Å²) in [5, 5.41) is 10.4. The summed E-state index contributed by atoms with van der Waals surface area (Å²) in [6.45, 7) is 13.6. The van der Waals surface area contributed by atoms with E-state index in [0.29, 0.717) is 13.0 Å². The van der Waals surface area contributed by atoms with Crippen LogP contribution in [0.1, 0.15) is 64.0 Å². The molecule has 2 aliphatic rings. The molecule has 0 spiro atoms. The summed E-state index contributed by atoms with van der Waals surface area (Å²) >= 11 is 0. The fraction of sp³-hybridized carbons (Fsp3) is 0.708. The quantitative estimate of drug-likeness (QED) is 0.469. The second-order valence-corrected chi connectivity index (χ2v) is 14.9. The maximum absolute atomic E-state index is 11.6. The summed E-state index contributed by atoms with van der Waals surface area (Å²) < 4.78 is 18.2. The summed E-state index contributed by atoms with van der Waals surface area (Å²) in [6.07, 6.45) is 2.86. The fourth-order valence-electron chi connectivity index (χ4n) is 4.55. The smallest absolute Gasteiger partial charge is 0.305 e. The van der Waals surface area contributed by atoms with Crippen LogP contribution in [-0.4, -0.2) is 44.8 Å². The molecule has 1 aliphatic heterocycles. The summed E-state index contributed by atoms with van der Waals surface area (Å²) in [5.41, 5.74) is 2.33. The van der Waals surface area contributed by atoms with Crippen molar-refractivity contribution in [3.8, 4) is 5.75 Å². The van der Waals surface area contributed by atoms with E-state index in [0.717, 1.165) is 30.6 Å². The van der Waals surface area contributed by atoms with Crippen LogP contribution in [0.4, 0.5) is 0 Å². The minimum absolute atomic E-state index is 0.0338. The molecule has 0 amide bonds. The molecule has 5 nitrogen and oxygen atoms in total. The summed E-state index contributed by atoms with van der Waals surface area (Å²) in [4.78, 5) is 11.6. The molecule has 0 aromatic heterocycles. The number of hydrogen-bond donors (Lipinski definition) is 1. The predicted octanol–water partition coefficient (Wildman–Crippen LogP) is 4.82. The Labute approximate surface area is 182 Å². The molecule has 1 aliphatic carbocycles. The Kier molecular flexibility index (Phi) is 7.00. The number of ether oxygens (including phenoxy) is 2. The van der Waals surface area contributed by atoms with Crippen molar-refractivity contribution in [1.29, 1.82) is 0 Å². The molecule has 6 heteroatoms. The predicted molar refractivity (Wildman–Crippen MR) is 120 cm³/mol. The maximum atomic E-state index is 11.6. The molecular weight excluding hydrogens is 396 g/mol. The lowest BCUT2D eigenvalue weighted by Crippen LogP contribution is -2.45. The summed E-state index contributed by atoms with van der Waals surface area (Å²) in [6, 6.07) is 6.29. The number of carbonyl (C=O) groups excluding carboxylic acids is 1. The lowest BCUT2D eigenvalue weighted by molar-refractivity contribution is -0.143. The van der Waals surface area contributed by atoms with E-state index < -0.39 is 8.32 Å². The van der Waals surface area contributed by atoms with Gasteiger partial charge in [0.15, 0.2) is 8.32 Å². The Morgan fingerprint density at radius 1 is 1.30 bits per heavy atom. The first-order chi connectivity index (χ1) is 14.1. The van der Waals surface area contributed by atoms with Crippen molar-refractivity contribution in [2.24, 2.45) is 5.92 Å². The molecule has 3 rings (SSSR count). The number of rotatable bonds is 8. The number of aryl methyl sites for hydroxylation is 1. The SMILES string of the molecule is CCOC(=O)CCCc1cccc2c1O[C@H]1C[C@@H](O[Si](C)(C)C(C)(C)C)[C@H](CO)[C@@H]21. The zero-order valence-electron chi connectivity index (χ0n) is 19.4. The molecule has 1 aromatic carbocycles. The van der Waals surface area contributed by atoms with E-state index in [2.05, 4.69) is 52.1 Å². The van der Waals surface area contributed by atoms with E-state index in [1.165, 1.54) is 5.56 Å². The molecule has 1 aromatic rings. The maximum Gasteiger partial charge on any atom is 0.305 e. The Morgan fingerprint density at radius 3 is 2.67 bits per heavy atom. The van der Waals surface area contributed by atoms with Crippen LogP contribution in [0.5, 0.6) is 5.75 Å². The lowest BCUT2D eigenvalue weighted by Gasteiger charge is -2.40. The molecule has 1 heterocycles. The molecule has 1 fully saturated rings. The van der Waals surface area contributed by atoms with Crippen molar-refractivity contribution in [3.63, 3.8) is 0 Å². The standard InChI is InChI=1S/C24H38O5Si/c1-7-27-21(26)13-9-11-16-10-8-12-17-22-18(15-25)19(14-20(22)28-23(16)17)29-30(5,6)24(2,3)4/h8,10,12,18-20,22,25H,7,9,11,13-15H2,1-6H3/t18-,19+,20-,22+/m0/s1. The topological polar surface area (TPSA) is 65.0 Å². The minimum atomic E-state index is -1.92. The second-order valence-electron chi connectivity index (χ2n) is 10.2. The molecule has 1 saturated carbocycles. The number of benzene rings is 1. The molecule has 0 unspecified atom stereocenters. The molecular formula is C24H38O5Si. The van der Waals surface area contributed by atoms with Gasteiger partial charge in [0.05, 0.1) is 12.7 Å². The highest BCUT2D eigenvalue weighted by molar-refractivity contribution is 6.74. The normalized spacial score (nSPS) is 25.6. The monoisotopic (exact) mass is 434 g/mol. The Morgan fingerprint density at radius 2 is 2.03 bits per heavy atom. The number of para-hydroxylation sites is 1. The van der Waals surface area contributed by atoms with Gasteiger partial charge in [-0.3, -0.25) is 4.79 Å². The van der Waals surface area contributed by atoms with Gasteiger partial charge in [-0.25, -0.2) is 0 Å². The molecule has 168 valence electrons. The highest BCUT2D eigenvalue weighted by atomic mass is 28.4. The van der Waals surface area contributed by atoms with E-state index in [1.54, 1.807) is 0 Å². The molecule has 0 radical (unpaired) electrons. The van der Waals surface area contributed by atoms with Crippen LogP contribution in [0.2, 0.25) is 18.1 Å². The molecule has 0 bridgehead atoms. The van der Waals surface area contributed by atoms with Gasteiger partial charge in [-0.1, -0.05) is 39.0 Å². The van der Waals surface area contributed by atoms with Crippen LogP contribution in [0.15, 0.2) is 18.2 Å². The molecule has 0 saturated heterocycles. The van der Waals surface area contributed by atoms with Gasteiger partial charge in [-0.05, 0) is 43.5 Å². The van der Waals surface area contributed by atoms with Gasteiger partial charge in [-0.2, -0.15) is 0 Å². The zero-order valence-corrected chi connectivity index (χ0v) is 20.4. The van der Waals surface area contributed by atoms with Gasteiger partial charge < -0.3 is 19.0 Å². The van der Waals surface area contributed by atoms with Gasteiger partial charge in [0, 0.05) is 36.8 Å². The highest BCUT2D eigenvalue weighted by Gasteiger charge is 2.53. The van der Waals surface area contributed by atoms with E-state index >= 15 is 0 Å². The van der Waals surface area contributed by atoms with Crippen molar-refractivity contribution < 1.29 is 23.8 Å². The number of hydrogen-bond acceptors (Lipinski definition) is 5. The number of aliphatic hydroxyl groups excluding tert-OH is 1. The van der Waals surface area contributed by atoms with Crippen LogP contribution in [0, 0.1) is 5.92 Å². The number of aliphatic hydroxyl groups is 1. The number of esters is 1. The Hall–Kier alpha value is -1.37. The van der Waals surface area contributed by atoms with Crippen LogP contribution >= 0.6 is 0 Å². The summed E-state index contributed by atoms with van der Waals surface area (Å²) in [5.74, 6) is 1.04. The average molecular weight is 435 g/mol. The van der Waals surface area contributed by atoms with E-state index in [-0.39, 0.29) is 41.7 Å². The van der Waals surface area contributed by atoms with Crippen molar-refractivity contribution >= 4 is 14.3 Å². The molecule has 4 atom stereocenters. The largest absolute Gasteiger partial charge is 0.489 e. The fourth-order valence-corrected chi connectivity index (χ4v) is 5.93. The minimum Gasteiger partial charge on any atom is -0.489 e. The third-order valence-corrected chi connectivity index (χ3v) is 11.7. The highest BCUT2D eigenvalue weighted by Crippen LogP contribution is 2.53. The average Bonchev–Trinajstić information content (AvgIpc) is 3.16. The third kappa shape index (κ3) is 4.60. The Bertz CT molecular complexity index is 754. The van der Waals surface area contributed by atoms with Crippen LogP contribution < -0.4 is 4.74 Å². The van der Waals surface area contributed by atoms with Gasteiger partial charge in [0.1, 0.15) is 11.9 Å². The summed E-state index contributed by atoms with van der Waals surface area (Å²) in [7, 11) is -1.92. The van der Waals surface area contributed by atoms with Crippen molar-refractivity contribution in [2.75, 3.05) is 13.2 Å². The van der Waals surface area contributed by atoms with Gasteiger partial charge >= 0.3 is 5.97 Å². The van der Waals surface area contributed by atoms with E-state index in [4.69, 9.17) is 13.9 Å². The Balaban J connectivity index is 1.73. The first-order valence-corrected chi connectivity index (χ1v) is 14.2. The van der Waals surface area contributed by atoms with Gasteiger partial charge in [0.2, 0.25) is 0 Å². The van der Waals surface area contributed by atoms with Gasteiger partial charge in [-0.15, -0.1) is 0 Å². The second kappa shape index (κ2) is 9.01. The number of carbonyl (C=O) groups is 1. The lowest BCUT2D eigenvalue weighted by atomic mass is 9.87. The van der Waals surface area contributed by atoms with Gasteiger partial charge in [0.25, 0.3) is 0 Å². The van der Waals surface area contributed by atoms with Crippen LogP contribution in [0.25, 0.3) is 0 Å². The van der Waals surface area contributed by atoms with E-state index in [9.17, 15) is 9.90 Å². The van der Waals surface area contributed by atoms with Crippen LogP contribution in [0.3, 0.4) is 0 Å². The van der Waals surface area contributed by atoms with Crippen molar-refractivity contribution in [1.82, 2.24) is 0 Å². The van der Waals surface area contributed by atoms with Crippen molar-refractivity contribution in [2.45, 2.75) is 89.6 Å². The molecule has 1 N–H and O–H groups in total. The zero-order chi connectivity index (χ0) is 22.1. The number of fused-ring (bicyclic) bond motifs is 3. The first kappa shape index (κ1) is 23.3.